The lowest BCUT2D eigenvalue weighted by atomic mass is 10.2. The summed E-state index contributed by atoms with van der Waals surface area (Å²) in [5.41, 5.74) is 2.27. The molecule has 0 aliphatic rings. The summed E-state index contributed by atoms with van der Waals surface area (Å²) in [6.45, 7) is 8.91. The van der Waals surface area contributed by atoms with Crippen molar-refractivity contribution in [3.05, 3.63) is 17.5 Å². The minimum Gasteiger partial charge on any atom is -0.396 e. The van der Waals surface area contributed by atoms with Crippen LogP contribution in [0.4, 0.5) is 0 Å². The Morgan fingerprint density at radius 2 is 2.33 bits per heavy atom. The van der Waals surface area contributed by atoms with E-state index in [4.69, 9.17) is 5.11 Å². The maximum atomic E-state index is 8.88. The van der Waals surface area contributed by atoms with Crippen LogP contribution in [0.2, 0.25) is 0 Å². The molecule has 0 fully saturated rings. The fourth-order valence-electron chi connectivity index (χ4n) is 1.53. The van der Waals surface area contributed by atoms with E-state index in [-0.39, 0.29) is 6.61 Å². The average molecular weight is 211 g/mol. The molecular formula is C11H21N3O. The topological polar surface area (TPSA) is 50.1 Å². The van der Waals surface area contributed by atoms with Crippen molar-refractivity contribution in [2.75, 3.05) is 13.2 Å². The molecule has 0 aliphatic heterocycles. The van der Waals surface area contributed by atoms with E-state index in [0.717, 1.165) is 25.3 Å². The van der Waals surface area contributed by atoms with Gasteiger partial charge in [0.25, 0.3) is 0 Å². The molecule has 0 bridgehead atoms. The molecule has 1 atom stereocenters. The molecule has 1 aromatic rings. The summed E-state index contributed by atoms with van der Waals surface area (Å²) >= 11 is 0. The van der Waals surface area contributed by atoms with Crippen molar-refractivity contribution < 1.29 is 5.11 Å². The first-order valence-corrected chi connectivity index (χ1v) is 5.52. The molecule has 0 amide bonds. The van der Waals surface area contributed by atoms with Gasteiger partial charge in [-0.3, -0.25) is 4.68 Å². The first-order chi connectivity index (χ1) is 7.17. The molecule has 0 aromatic carbocycles. The Labute approximate surface area is 91.3 Å². The Morgan fingerprint density at radius 1 is 1.60 bits per heavy atom. The summed E-state index contributed by atoms with van der Waals surface area (Å²) in [4.78, 5) is 0. The molecule has 1 aromatic heterocycles. The maximum absolute atomic E-state index is 8.88. The van der Waals surface area contributed by atoms with Gasteiger partial charge in [0, 0.05) is 26.2 Å². The minimum absolute atomic E-state index is 0.235. The molecule has 15 heavy (non-hydrogen) atoms. The van der Waals surface area contributed by atoms with Crippen LogP contribution in [0, 0.1) is 12.8 Å². The first kappa shape index (κ1) is 12.2. The monoisotopic (exact) mass is 211 g/mol. The number of rotatable bonds is 6. The molecule has 0 spiro atoms. The largest absolute Gasteiger partial charge is 0.396 e. The number of hydrogen-bond acceptors (Lipinski definition) is 3. The third-order valence-electron chi connectivity index (χ3n) is 2.40. The first-order valence-electron chi connectivity index (χ1n) is 5.52. The van der Waals surface area contributed by atoms with Crippen LogP contribution in [0.1, 0.15) is 25.2 Å². The Morgan fingerprint density at radius 3 is 2.93 bits per heavy atom. The third kappa shape index (κ3) is 3.64. The van der Waals surface area contributed by atoms with Gasteiger partial charge in [-0.25, -0.2) is 0 Å². The van der Waals surface area contributed by atoms with Crippen molar-refractivity contribution >= 4 is 0 Å². The van der Waals surface area contributed by atoms with E-state index in [0.29, 0.717) is 5.92 Å². The number of hydrogen-bond donors (Lipinski definition) is 2. The van der Waals surface area contributed by atoms with Gasteiger partial charge in [-0.1, -0.05) is 6.92 Å². The van der Waals surface area contributed by atoms with Gasteiger partial charge in [-0.05, 0) is 25.8 Å². The minimum atomic E-state index is 0.235. The van der Waals surface area contributed by atoms with Crippen molar-refractivity contribution in [3.63, 3.8) is 0 Å². The Hall–Kier alpha value is -0.870. The lowest BCUT2D eigenvalue weighted by Gasteiger charge is -2.10. The molecule has 0 aliphatic carbocycles. The van der Waals surface area contributed by atoms with E-state index in [1.807, 2.05) is 18.5 Å². The number of nitrogens with one attached hydrogen (secondary N) is 1. The van der Waals surface area contributed by atoms with Crippen LogP contribution in [0.15, 0.2) is 6.07 Å². The molecule has 4 nitrogen and oxygen atoms in total. The van der Waals surface area contributed by atoms with E-state index in [2.05, 4.69) is 23.4 Å². The second kappa shape index (κ2) is 5.88. The zero-order valence-corrected chi connectivity index (χ0v) is 9.82. The molecular weight excluding hydrogens is 190 g/mol. The predicted octanol–water partition coefficient (Wildman–Crippen LogP) is 0.929. The second-order valence-electron chi connectivity index (χ2n) is 4.01. The zero-order chi connectivity index (χ0) is 11.3. The summed E-state index contributed by atoms with van der Waals surface area (Å²) in [6, 6.07) is 2.10. The SMILES string of the molecule is CCn1nc(C)cc1CNCC(C)CO. The lowest BCUT2D eigenvalue weighted by molar-refractivity contribution is 0.233. The Kier molecular flexibility index (Phi) is 4.78. The lowest BCUT2D eigenvalue weighted by Crippen LogP contribution is -2.24. The number of aryl methyl sites for hydroxylation is 2. The van der Waals surface area contributed by atoms with Crippen molar-refractivity contribution in [1.82, 2.24) is 15.1 Å². The van der Waals surface area contributed by atoms with Crippen molar-refractivity contribution in [1.29, 1.82) is 0 Å². The Balaban J connectivity index is 2.42. The fourth-order valence-corrected chi connectivity index (χ4v) is 1.53. The van der Waals surface area contributed by atoms with E-state index in [9.17, 15) is 0 Å². The predicted molar refractivity (Wildman–Crippen MR) is 60.6 cm³/mol. The highest BCUT2D eigenvalue weighted by molar-refractivity contribution is 5.08. The molecule has 1 unspecified atom stereocenters. The molecule has 1 rings (SSSR count). The molecule has 0 saturated heterocycles. The number of aliphatic hydroxyl groups is 1. The van der Waals surface area contributed by atoms with Crippen LogP contribution >= 0.6 is 0 Å². The number of aliphatic hydroxyl groups excluding tert-OH is 1. The zero-order valence-electron chi connectivity index (χ0n) is 9.82. The van der Waals surface area contributed by atoms with Gasteiger partial charge >= 0.3 is 0 Å². The van der Waals surface area contributed by atoms with E-state index < -0.39 is 0 Å². The van der Waals surface area contributed by atoms with Gasteiger partial charge in [0.15, 0.2) is 0 Å². The van der Waals surface area contributed by atoms with Gasteiger partial charge in [0.1, 0.15) is 0 Å². The highest BCUT2D eigenvalue weighted by atomic mass is 16.3. The van der Waals surface area contributed by atoms with Crippen molar-refractivity contribution in [3.8, 4) is 0 Å². The summed E-state index contributed by atoms with van der Waals surface area (Å²) < 4.78 is 2.01. The van der Waals surface area contributed by atoms with Crippen LogP contribution in [-0.2, 0) is 13.1 Å². The van der Waals surface area contributed by atoms with Gasteiger partial charge in [-0.2, -0.15) is 5.10 Å². The Bertz CT molecular complexity index is 296. The van der Waals surface area contributed by atoms with Crippen LogP contribution < -0.4 is 5.32 Å². The standard InChI is InChI=1S/C11H21N3O/c1-4-14-11(5-10(3)13-14)7-12-6-9(2)8-15/h5,9,12,15H,4,6-8H2,1-3H3. The van der Waals surface area contributed by atoms with Crippen molar-refractivity contribution in [2.24, 2.45) is 5.92 Å². The molecule has 4 heteroatoms. The van der Waals surface area contributed by atoms with E-state index in [1.165, 1.54) is 5.69 Å². The second-order valence-corrected chi connectivity index (χ2v) is 4.01. The summed E-state index contributed by atoms with van der Waals surface area (Å²) in [5.74, 6) is 0.309. The number of nitrogens with zero attached hydrogens (tertiary/aromatic N) is 2. The van der Waals surface area contributed by atoms with Gasteiger partial charge in [-0.15, -0.1) is 0 Å². The fraction of sp³-hybridized carbons (Fsp3) is 0.727. The highest BCUT2D eigenvalue weighted by Crippen LogP contribution is 2.03. The molecule has 2 N–H and O–H groups in total. The van der Waals surface area contributed by atoms with Crippen molar-refractivity contribution in [2.45, 2.75) is 33.9 Å². The molecule has 1 heterocycles. The summed E-state index contributed by atoms with van der Waals surface area (Å²) in [5, 5.41) is 16.6. The smallest absolute Gasteiger partial charge is 0.0597 e. The third-order valence-corrected chi connectivity index (χ3v) is 2.40. The van der Waals surface area contributed by atoms with Gasteiger partial charge in [0.05, 0.1) is 11.4 Å². The van der Waals surface area contributed by atoms with Crippen LogP contribution in [0.5, 0.6) is 0 Å². The van der Waals surface area contributed by atoms with Crippen LogP contribution in [-0.4, -0.2) is 28.0 Å². The molecule has 0 radical (unpaired) electrons. The summed E-state index contributed by atoms with van der Waals surface area (Å²) in [6.07, 6.45) is 0. The van der Waals surface area contributed by atoms with E-state index >= 15 is 0 Å². The quantitative estimate of drug-likeness (QED) is 0.736. The van der Waals surface area contributed by atoms with Crippen LogP contribution in [0.3, 0.4) is 0 Å². The van der Waals surface area contributed by atoms with Gasteiger partial charge < -0.3 is 10.4 Å². The maximum Gasteiger partial charge on any atom is 0.0597 e. The highest BCUT2D eigenvalue weighted by Gasteiger charge is 2.04. The van der Waals surface area contributed by atoms with E-state index in [1.54, 1.807) is 0 Å². The molecule has 0 saturated carbocycles. The van der Waals surface area contributed by atoms with Crippen LogP contribution in [0.25, 0.3) is 0 Å². The van der Waals surface area contributed by atoms with Gasteiger partial charge in [0.2, 0.25) is 0 Å². The molecule has 86 valence electrons. The summed E-state index contributed by atoms with van der Waals surface area (Å²) in [7, 11) is 0. The normalized spacial score (nSPS) is 13.1. The average Bonchev–Trinajstić information content (AvgIpc) is 2.58. The number of aromatic nitrogens is 2.